The summed E-state index contributed by atoms with van der Waals surface area (Å²) in [6, 6.07) is 3.91. The van der Waals surface area contributed by atoms with Gasteiger partial charge in [-0.1, -0.05) is 0 Å². The van der Waals surface area contributed by atoms with Gasteiger partial charge in [-0.3, -0.25) is 4.79 Å². The highest BCUT2D eigenvalue weighted by atomic mass is 32.2. The van der Waals surface area contributed by atoms with Crippen LogP contribution in [-0.4, -0.2) is 51.0 Å². The Balaban J connectivity index is 1.97. The van der Waals surface area contributed by atoms with E-state index in [2.05, 4.69) is 4.74 Å². The Bertz CT molecular complexity index is 736. The van der Waals surface area contributed by atoms with E-state index in [9.17, 15) is 18.0 Å². The van der Waals surface area contributed by atoms with E-state index in [1.165, 1.54) is 25.3 Å². The topological polar surface area (TPSA) is 90.0 Å². The Hall–Kier alpha value is -1.93. The zero-order valence-corrected chi connectivity index (χ0v) is 12.8. The normalized spacial score (nSPS) is 22.7. The molecule has 0 spiro atoms. The number of sulfonamides is 1. The fourth-order valence-electron chi connectivity index (χ4n) is 2.67. The van der Waals surface area contributed by atoms with Gasteiger partial charge in [-0.05, 0) is 31.0 Å². The lowest BCUT2D eigenvalue weighted by Gasteiger charge is -2.18. The third-order valence-electron chi connectivity index (χ3n) is 3.82. The lowest BCUT2D eigenvalue weighted by molar-refractivity contribution is 0.0599. The summed E-state index contributed by atoms with van der Waals surface area (Å²) in [5, 5.41) is 0. The maximum Gasteiger partial charge on any atom is 0.337 e. The molecule has 0 radical (unpaired) electrons. The highest BCUT2D eigenvalue weighted by Crippen LogP contribution is 2.32. The van der Waals surface area contributed by atoms with Crippen LogP contribution in [0.2, 0.25) is 0 Å². The summed E-state index contributed by atoms with van der Waals surface area (Å²) >= 11 is 0. The average Bonchev–Trinajstić information content (AvgIpc) is 3.08. The van der Waals surface area contributed by atoms with E-state index in [0.29, 0.717) is 6.61 Å². The Morgan fingerprint density at radius 3 is 2.86 bits per heavy atom. The second-order valence-electron chi connectivity index (χ2n) is 5.18. The minimum absolute atomic E-state index is 0.00338. The maximum atomic E-state index is 12.5. The largest absolute Gasteiger partial charge is 0.465 e. The third-order valence-corrected chi connectivity index (χ3v) is 5.61. The number of fused-ring (bicyclic) bond motifs is 1. The van der Waals surface area contributed by atoms with Crippen molar-refractivity contribution in [2.75, 3.05) is 20.3 Å². The first-order valence-electron chi connectivity index (χ1n) is 6.86. The first-order valence-corrected chi connectivity index (χ1v) is 8.30. The minimum atomic E-state index is -3.95. The molecular weight excluding hydrogens is 310 g/mol. The maximum absolute atomic E-state index is 12.5. The summed E-state index contributed by atoms with van der Waals surface area (Å²) in [6.07, 6.45) is 1.31. The molecule has 22 heavy (non-hydrogen) atoms. The molecule has 118 valence electrons. The number of hydrogen-bond donors (Lipinski definition) is 0. The number of amides is 1. The van der Waals surface area contributed by atoms with Crippen molar-refractivity contribution in [1.29, 1.82) is 0 Å². The highest BCUT2D eigenvalue weighted by Gasteiger charge is 2.43. The van der Waals surface area contributed by atoms with E-state index in [-0.39, 0.29) is 28.7 Å². The molecule has 2 aliphatic rings. The molecule has 1 aromatic rings. The predicted molar refractivity (Wildman–Crippen MR) is 75.0 cm³/mol. The van der Waals surface area contributed by atoms with Crippen LogP contribution in [0.5, 0.6) is 0 Å². The first kappa shape index (κ1) is 15.0. The van der Waals surface area contributed by atoms with Gasteiger partial charge in [0.1, 0.15) is 4.90 Å². The van der Waals surface area contributed by atoms with Crippen LogP contribution in [0.3, 0.4) is 0 Å². The monoisotopic (exact) mass is 325 g/mol. The van der Waals surface area contributed by atoms with Gasteiger partial charge in [0.05, 0.1) is 30.9 Å². The summed E-state index contributed by atoms with van der Waals surface area (Å²) in [4.78, 5) is 23.7. The standard InChI is InChI=1S/C14H15NO6S/c1-20-14(17)9-4-5-11-12(7-9)22(18,19)15(13(11)16)8-10-3-2-6-21-10/h4-5,7,10H,2-3,6,8H2,1H3/t10-/m1/s1. The second kappa shape index (κ2) is 5.36. The van der Waals surface area contributed by atoms with Gasteiger partial charge in [0.2, 0.25) is 0 Å². The molecule has 0 unspecified atom stereocenters. The van der Waals surface area contributed by atoms with Crippen molar-refractivity contribution in [3.05, 3.63) is 29.3 Å². The Morgan fingerprint density at radius 2 is 2.23 bits per heavy atom. The van der Waals surface area contributed by atoms with Crippen LogP contribution < -0.4 is 0 Å². The lowest BCUT2D eigenvalue weighted by atomic mass is 10.1. The van der Waals surface area contributed by atoms with Gasteiger partial charge in [0.25, 0.3) is 15.9 Å². The number of benzene rings is 1. The molecule has 2 heterocycles. The zero-order valence-electron chi connectivity index (χ0n) is 11.9. The number of esters is 1. The van der Waals surface area contributed by atoms with Crippen molar-refractivity contribution in [3.8, 4) is 0 Å². The fourth-order valence-corrected chi connectivity index (χ4v) is 4.30. The van der Waals surface area contributed by atoms with Crippen LogP contribution in [0, 0.1) is 0 Å². The van der Waals surface area contributed by atoms with Gasteiger partial charge in [-0.2, -0.15) is 0 Å². The molecule has 0 aromatic heterocycles. The molecule has 7 nitrogen and oxygen atoms in total. The van der Waals surface area contributed by atoms with Gasteiger partial charge in [-0.15, -0.1) is 0 Å². The number of ether oxygens (including phenoxy) is 2. The number of carbonyl (C=O) groups is 2. The molecule has 0 bridgehead atoms. The van der Waals surface area contributed by atoms with E-state index in [4.69, 9.17) is 4.74 Å². The van der Waals surface area contributed by atoms with Crippen molar-refractivity contribution in [2.45, 2.75) is 23.8 Å². The van der Waals surface area contributed by atoms with E-state index in [0.717, 1.165) is 17.1 Å². The molecule has 8 heteroatoms. The van der Waals surface area contributed by atoms with Crippen LogP contribution in [0.25, 0.3) is 0 Å². The van der Waals surface area contributed by atoms with Crippen LogP contribution >= 0.6 is 0 Å². The van der Waals surface area contributed by atoms with Gasteiger partial charge in [0.15, 0.2) is 0 Å². The van der Waals surface area contributed by atoms with Crippen molar-refractivity contribution < 1.29 is 27.5 Å². The van der Waals surface area contributed by atoms with Crippen molar-refractivity contribution in [3.63, 3.8) is 0 Å². The molecule has 0 aliphatic carbocycles. The highest BCUT2D eigenvalue weighted by molar-refractivity contribution is 7.90. The van der Waals surface area contributed by atoms with Crippen molar-refractivity contribution in [2.24, 2.45) is 0 Å². The number of methoxy groups -OCH3 is 1. The van der Waals surface area contributed by atoms with Gasteiger partial charge in [-0.25, -0.2) is 17.5 Å². The molecular formula is C14H15NO6S. The second-order valence-corrected chi connectivity index (χ2v) is 7.01. The Morgan fingerprint density at radius 1 is 1.45 bits per heavy atom. The molecule has 0 N–H and O–H groups in total. The van der Waals surface area contributed by atoms with E-state index >= 15 is 0 Å². The molecule has 1 fully saturated rings. The fraction of sp³-hybridized carbons (Fsp3) is 0.429. The Kier molecular flexibility index (Phi) is 3.65. The summed E-state index contributed by atoms with van der Waals surface area (Å²) in [7, 11) is -2.74. The predicted octanol–water partition coefficient (Wildman–Crippen LogP) is 0.797. The molecule has 1 atom stereocenters. The summed E-state index contributed by atoms with van der Waals surface area (Å²) in [6.45, 7) is 0.579. The first-order chi connectivity index (χ1) is 10.4. The van der Waals surface area contributed by atoms with Gasteiger partial charge in [0, 0.05) is 6.61 Å². The molecule has 0 saturated carbocycles. The van der Waals surface area contributed by atoms with Crippen LogP contribution in [0.4, 0.5) is 0 Å². The SMILES string of the molecule is COC(=O)c1ccc2c(c1)S(=O)(=O)N(C[C@H]1CCCO1)C2=O. The van der Waals surface area contributed by atoms with E-state index < -0.39 is 21.9 Å². The molecule has 1 amide bonds. The minimum Gasteiger partial charge on any atom is -0.465 e. The number of rotatable bonds is 3. The van der Waals surface area contributed by atoms with E-state index in [1.807, 2.05) is 0 Å². The zero-order chi connectivity index (χ0) is 15.9. The van der Waals surface area contributed by atoms with Gasteiger partial charge >= 0.3 is 5.97 Å². The molecule has 3 rings (SSSR count). The lowest BCUT2D eigenvalue weighted by Crippen LogP contribution is -2.36. The number of nitrogens with zero attached hydrogens (tertiary/aromatic N) is 1. The van der Waals surface area contributed by atoms with Crippen LogP contribution in [0.15, 0.2) is 23.1 Å². The molecule has 1 saturated heterocycles. The van der Waals surface area contributed by atoms with E-state index in [1.54, 1.807) is 0 Å². The summed E-state index contributed by atoms with van der Waals surface area (Å²) in [5.41, 5.74) is 0.169. The Labute approximate surface area is 127 Å². The van der Waals surface area contributed by atoms with Crippen LogP contribution in [-0.2, 0) is 19.5 Å². The summed E-state index contributed by atoms with van der Waals surface area (Å²) < 4.78 is 35.9. The number of carbonyl (C=O) groups excluding carboxylic acids is 2. The number of hydrogen-bond acceptors (Lipinski definition) is 6. The van der Waals surface area contributed by atoms with Crippen molar-refractivity contribution >= 4 is 21.9 Å². The summed E-state index contributed by atoms with van der Waals surface area (Å²) in [5.74, 6) is -1.23. The third kappa shape index (κ3) is 2.28. The smallest absolute Gasteiger partial charge is 0.337 e. The molecule has 2 aliphatic heterocycles. The van der Waals surface area contributed by atoms with Gasteiger partial charge < -0.3 is 9.47 Å². The van der Waals surface area contributed by atoms with Crippen LogP contribution in [0.1, 0.15) is 33.6 Å². The molecule has 1 aromatic carbocycles. The average molecular weight is 325 g/mol. The quantitative estimate of drug-likeness (QED) is 0.764. The van der Waals surface area contributed by atoms with Crippen molar-refractivity contribution in [1.82, 2.24) is 4.31 Å².